The summed E-state index contributed by atoms with van der Waals surface area (Å²) in [5, 5.41) is 10.8. The van der Waals surface area contributed by atoms with Gasteiger partial charge in [-0.2, -0.15) is 0 Å². The standard InChI is InChI=1S/C82H72N2/c1-81(2)75-29-17-15-27-67(75)69-43-35-60(49-77(69)81)55-31-36-61(37-32-55)83(62-38-33-53-19-11-13-25-58(53)47-62)64-41-45-71-73(50-64)79(56-21-7-5-8-22-56)72-46-42-65(51-74(72)80(71)57-23-9-6-10-24-57)84(63-39-34-54-20-12-14-26-59(54)48-63)66-40-44-70-68-28-16-18-30-76(68)82(3,4)78(70)52-66/h11-20,25-52,56-57H,5-10,21-24H2,1-4H3. The third-order valence-electron chi connectivity index (χ3n) is 20.6. The lowest BCUT2D eigenvalue weighted by Crippen LogP contribution is -2.16. The third-order valence-corrected chi connectivity index (χ3v) is 20.6. The van der Waals surface area contributed by atoms with E-state index in [9.17, 15) is 0 Å². The highest BCUT2D eigenvalue weighted by atomic mass is 15.1. The maximum absolute atomic E-state index is 2.63. The van der Waals surface area contributed by atoms with E-state index in [1.165, 1.54) is 191 Å². The number of fused-ring (bicyclic) bond motifs is 10. The molecule has 84 heavy (non-hydrogen) atoms. The molecule has 12 aromatic rings. The summed E-state index contributed by atoms with van der Waals surface area (Å²) in [5.41, 5.74) is 23.6. The van der Waals surface area contributed by atoms with E-state index in [0.717, 1.165) is 5.69 Å². The fourth-order valence-electron chi connectivity index (χ4n) is 16.3. The minimum Gasteiger partial charge on any atom is -0.310 e. The third kappa shape index (κ3) is 8.26. The average Bonchev–Trinajstić information content (AvgIpc) is 1.42. The van der Waals surface area contributed by atoms with Gasteiger partial charge in [0.1, 0.15) is 0 Å². The summed E-state index contributed by atoms with van der Waals surface area (Å²) in [6.07, 6.45) is 12.6. The van der Waals surface area contributed by atoms with Crippen LogP contribution < -0.4 is 9.80 Å². The molecule has 2 heteroatoms. The zero-order valence-corrected chi connectivity index (χ0v) is 49.1. The quantitative estimate of drug-likeness (QED) is 0.133. The molecule has 2 fully saturated rings. The number of anilines is 6. The molecule has 16 rings (SSSR count). The molecule has 0 amide bonds. The Hall–Kier alpha value is -8.72. The molecule has 0 N–H and O–H groups in total. The maximum atomic E-state index is 2.63. The van der Waals surface area contributed by atoms with Gasteiger partial charge in [-0.1, -0.05) is 218 Å². The molecule has 0 bridgehead atoms. The predicted molar refractivity (Wildman–Crippen MR) is 358 cm³/mol. The molecule has 410 valence electrons. The lowest BCUT2D eigenvalue weighted by Gasteiger charge is -2.33. The first-order valence-corrected chi connectivity index (χ1v) is 31.4. The topological polar surface area (TPSA) is 6.48 Å². The van der Waals surface area contributed by atoms with Gasteiger partial charge >= 0.3 is 0 Å². The molecule has 0 saturated heterocycles. The largest absolute Gasteiger partial charge is 0.310 e. The summed E-state index contributed by atoms with van der Waals surface area (Å²) in [4.78, 5) is 5.11. The second-order valence-corrected chi connectivity index (χ2v) is 26.1. The Morgan fingerprint density at radius 1 is 0.274 bits per heavy atom. The lowest BCUT2D eigenvalue weighted by atomic mass is 9.74. The van der Waals surface area contributed by atoms with E-state index in [2.05, 4.69) is 268 Å². The minimum atomic E-state index is -0.122. The van der Waals surface area contributed by atoms with Crippen LogP contribution in [0.2, 0.25) is 0 Å². The normalized spacial score (nSPS) is 16.2. The first kappa shape index (κ1) is 51.0. The number of hydrogen-bond donors (Lipinski definition) is 0. The van der Waals surface area contributed by atoms with Crippen molar-refractivity contribution in [3.8, 4) is 33.4 Å². The molecule has 0 aromatic heterocycles. The second kappa shape index (κ2) is 20.0. The van der Waals surface area contributed by atoms with E-state index in [0.29, 0.717) is 11.8 Å². The number of nitrogens with zero attached hydrogens (tertiary/aromatic N) is 2. The predicted octanol–water partition coefficient (Wildman–Crippen LogP) is 23.6. The van der Waals surface area contributed by atoms with E-state index in [4.69, 9.17) is 0 Å². The van der Waals surface area contributed by atoms with Crippen LogP contribution in [-0.4, -0.2) is 0 Å². The molecular weight excluding hydrogens is 1010 g/mol. The van der Waals surface area contributed by atoms with E-state index in [-0.39, 0.29) is 10.8 Å². The van der Waals surface area contributed by atoms with Gasteiger partial charge in [-0.05, 0) is 226 Å². The molecular formula is C82H72N2. The highest BCUT2D eigenvalue weighted by Crippen LogP contribution is 2.54. The molecule has 0 unspecified atom stereocenters. The Labute approximate surface area is 496 Å². The van der Waals surface area contributed by atoms with Gasteiger partial charge in [0.05, 0.1) is 0 Å². The van der Waals surface area contributed by atoms with Crippen LogP contribution in [0.25, 0.3) is 76.5 Å². The fourth-order valence-corrected chi connectivity index (χ4v) is 16.3. The van der Waals surface area contributed by atoms with E-state index in [1.807, 2.05) is 0 Å². The Kier molecular flexibility index (Phi) is 12.1. The van der Waals surface area contributed by atoms with Gasteiger partial charge in [0.25, 0.3) is 0 Å². The SMILES string of the molecule is CC1(C)c2ccccc2-c2ccc(-c3ccc(N(c4ccc5ccccc5c4)c4ccc5c(C6CCCCC6)c6cc(N(c7ccc8c(c7)C(C)(C)c7ccccc7-8)c7ccc8ccccc8c7)ccc6c(C6CCCCC6)c5c4)cc3)cc21. The lowest BCUT2D eigenvalue weighted by molar-refractivity contribution is 0.445. The zero-order valence-electron chi connectivity index (χ0n) is 49.1. The van der Waals surface area contributed by atoms with Crippen molar-refractivity contribution < 1.29 is 0 Å². The van der Waals surface area contributed by atoms with Crippen molar-refractivity contribution in [3.63, 3.8) is 0 Å². The van der Waals surface area contributed by atoms with Crippen molar-refractivity contribution >= 4 is 77.2 Å². The molecule has 4 aliphatic rings. The molecule has 4 aliphatic carbocycles. The summed E-state index contributed by atoms with van der Waals surface area (Å²) >= 11 is 0. The fraction of sp³-hybridized carbons (Fsp3) is 0.220. The minimum absolute atomic E-state index is 0.0574. The molecule has 0 spiro atoms. The Balaban J connectivity index is 0.885. The summed E-state index contributed by atoms with van der Waals surface area (Å²) in [5.74, 6) is 0.947. The van der Waals surface area contributed by atoms with Crippen LogP contribution in [0.1, 0.15) is 137 Å². The van der Waals surface area contributed by atoms with Gasteiger partial charge in [0.15, 0.2) is 0 Å². The van der Waals surface area contributed by atoms with E-state index < -0.39 is 0 Å². The van der Waals surface area contributed by atoms with Crippen molar-refractivity contribution in [2.45, 2.75) is 115 Å². The van der Waals surface area contributed by atoms with Crippen LogP contribution in [0.15, 0.2) is 231 Å². The Bertz CT molecular complexity index is 4580. The van der Waals surface area contributed by atoms with Crippen LogP contribution >= 0.6 is 0 Å². The molecule has 0 aliphatic heterocycles. The molecule has 0 heterocycles. The van der Waals surface area contributed by atoms with Gasteiger partial charge in [-0.15, -0.1) is 0 Å². The van der Waals surface area contributed by atoms with Crippen LogP contribution in [0.3, 0.4) is 0 Å². The molecule has 0 radical (unpaired) electrons. The molecule has 0 atom stereocenters. The van der Waals surface area contributed by atoms with E-state index in [1.54, 1.807) is 11.1 Å². The van der Waals surface area contributed by atoms with Gasteiger partial charge in [-0.25, -0.2) is 0 Å². The van der Waals surface area contributed by atoms with Crippen LogP contribution in [-0.2, 0) is 10.8 Å². The maximum Gasteiger partial charge on any atom is 0.0468 e. The van der Waals surface area contributed by atoms with Crippen molar-refractivity contribution in [2.24, 2.45) is 0 Å². The smallest absolute Gasteiger partial charge is 0.0468 e. The van der Waals surface area contributed by atoms with Gasteiger partial charge in [0.2, 0.25) is 0 Å². The van der Waals surface area contributed by atoms with Crippen LogP contribution in [0.5, 0.6) is 0 Å². The highest BCUT2D eigenvalue weighted by molar-refractivity contribution is 6.10. The van der Waals surface area contributed by atoms with Crippen molar-refractivity contribution in [3.05, 3.63) is 264 Å². The van der Waals surface area contributed by atoms with Crippen LogP contribution in [0, 0.1) is 0 Å². The number of rotatable bonds is 9. The number of hydrogen-bond acceptors (Lipinski definition) is 2. The number of benzene rings is 12. The van der Waals surface area contributed by atoms with Gasteiger partial charge in [-0.3, -0.25) is 0 Å². The average molecular weight is 1090 g/mol. The first-order chi connectivity index (χ1) is 41.2. The van der Waals surface area contributed by atoms with E-state index >= 15 is 0 Å². The van der Waals surface area contributed by atoms with Crippen molar-refractivity contribution in [1.29, 1.82) is 0 Å². The molecule has 2 saturated carbocycles. The van der Waals surface area contributed by atoms with Crippen molar-refractivity contribution in [1.82, 2.24) is 0 Å². The van der Waals surface area contributed by atoms with Gasteiger partial charge in [0, 0.05) is 45.0 Å². The second-order valence-electron chi connectivity index (χ2n) is 26.1. The van der Waals surface area contributed by atoms with Crippen LogP contribution in [0.4, 0.5) is 34.1 Å². The molecule has 2 nitrogen and oxygen atoms in total. The summed E-state index contributed by atoms with van der Waals surface area (Å²) < 4.78 is 0. The van der Waals surface area contributed by atoms with Crippen molar-refractivity contribution in [2.75, 3.05) is 9.80 Å². The van der Waals surface area contributed by atoms with Gasteiger partial charge < -0.3 is 9.80 Å². The monoisotopic (exact) mass is 1080 g/mol. The Morgan fingerprint density at radius 2 is 0.643 bits per heavy atom. The molecule has 12 aromatic carbocycles. The highest BCUT2D eigenvalue weighted by Gasteiger charge is 2.37. The summed E-state index contributed by atoms with van der Waals surface area (Å²) in [7, 11) is 0. The summed E-state index contributed by atoms with van der Waals surface area (Å²) in [6.45, 7) is 9.57. The first-order valence-electron chi connectivity index (χ1n) is 31.4. The Morgan fingerprint density at radius 3 is 1.17 bits per heavy atom. The zero-order chi connectivity index (χ0) is 56.3. The summed E-state index contributed by atoms with van der Waals surface area (Å²) in [6, 6.07) is 88.9.